The van der Waals surface area contributed by atoms with Crippen LogP contribution in [-0.4, -0.2) is 33.9 Å². The molecule has 0 atom stereocenters. The molecule has 0 saturated carbocycles. The molecule has 1 aliphatic rings. The Morgan fingerprint density at radius 3 is 2.54 bits per heavy atom. The Kier molecular flexibility index (Phi) is 5.11. The molecule has 3 rings (SSSR count). The highest BCUT2D eigenvalue weighted by atomic mass is 19.2. The molecule has 138 valence electrons. The minimum absolute atomic E-state index is 0.135. The molecule has 1 fully saturated rings. The molecular weight excluding hydrogens is 345 g/mol. The van der Waals surface area contributed by atoms with Gasteiger partial charge in [0.15, 0.2) is 17.5 Å². The van der Waals surface area contributed by atoms with E-state index in [1.54, 1.807) is 11.8 Å². The van der Waals surface area contributed by atoms with E-state index in [0.717, 1.165) is 25.0 Å². The highest BCUT2D eigenvalue weighted by Crippen LogP contribution is 2.24. The summed E-state index contributed by atoms with van der Waals surface area (Å²) in [4.78, 5) is 22.6. The van der Waals surface area contributed by atoms with Gasteiger partial charge in [0.05, 0.1) is 5.69 Å². The fourth-order valence-corrected chi connectivity index (χ4v) is 2.88. The third-order valence-electron chi connectivity index (χ3n) is 4.43. The summed E-state index contributed by atoms with van der Waals surface area (Å²) in [5.41, 5.74) is -0.0928. The Labute approximate surface area is 149 Å². The van der Waals surface area contributed by atoms with Crippen molar-refractivity contribution >= 4 is 17.4 Å². The molecule has 0 unspecified atom stereocenters. The summed E-state index contributed by atoms with van der Waals surface area (Å²) in [6.07, 6.45) is 1.86. The van der Waals surface area contributed by atoms with Crippen LogP contribution in [-0.2, 0) is 0 Å². The lowest BCUT2D eigenvalue weighted by Gasteiger charge is -2.30. The Morgan fingerprint density at radius 2 is 1.85 bits per heavy atom. The molecule has 1 aromatic heterocycles. The Balaban J connectivity index is 1.84. The van der Waals surface area contributed by atoms with Crippen LogP contribution < -0.4 is 5.32 Å². The summed E-state index contributed by atoms with van der Waals surface area (Å²) in [5.74, 6) is -3.39. The van der Waals surface area contributed by atoms with Crippen LogP contribution >= 0.6 is 0 Å². The molecular formula is C18H19F3N4O. The molecule has 1 saturated heterocycles. The normalized spacial score (nSPS) is 15.2. The molecule has 0 aliphatic carbocycles. The van der Waals surface area contributed by atoms with Crippen molar-refractivity contribution in [1.82, 2.24) is 14.9 Å². The maximum Gasteiger partial charge on any atom is 0.272 e. The second-order valence-corrected chi connectivity index (χ2v) is 6.51. The first kappa shape index (κ1) is 18.2. The van der Waals surface area contributed by atoms with E-state index >= 15 is 0 Å². The van der Waals surface area contributed by atoms with E-state index < -0.39 is 17.5 Å². The first-order chi connectivity index (χ1) is 12.3. The van der Waals surface area contributed by atoms with Crippen LogP contribution in [0.1, 0.15) is 36.1 Å². The van der Waals surface area contributed by atoms with E-state index in [1.165, 1.54) is 6.07 Å². The quantitative estimate of drug-likeness (QED) is 0.842. The maximum atomic E-state index is 13.8. The average molecular weight is 364 g/mol. The van der Waals surface area contributed by atoms with Crippen molar-refractivity contribution in [3.8, 4) is 0 Å². The fourth-order valence-electron chi connectivity index (χ4n) is 2.88. The van der Waals surface area contributed by atoms with E-state index in [9.17, 15) is 18.0 Å². The fraction of sp³-hybridized carbons (Fsp3) is 0.389. The second kappa shape index (κ2) is 7.31. The molecule has 0 bridgehead atoms. The Morgan fingerprint density at radius 1 is 1.15 bits per heavy atom. The number of carbonyl (C=O) groups is 1. The zero-order valence-corrected chi connectivity index (χ0v) is 14.5. The molecule has 2 aromatic rings. The molecule has 1 N–H and O–H groups in total. The standard InChI is InChI=1S/C18H19F3N4O/c1-10-5-7-25(8-6-10)18(26)14-9-15(23-11(2)22-14)24-13-4-3-12(19)16(20)17(13)21/h3-4,9-10H,5-8H2,1-2H3,(H,22,23,24). The van der Waals surface area contributed by atoms with Gasteiger partial charge in [-0.05, 0) is 37.8 Å². The number of anilines is 2. The van der Waals surface area contributed by atoms with Gasteiger partial charge in [0.25, 0.3) is 5.91 Å². The van der Waals surface area contributed by atoms with Crippen molar-refractivity contribution < 1.29 is 18.0 Å². The van der Waals surface area contributed by atoms with Crippen LogP contribution in [0, 0.1) is 30.3 Å². The van der Waals surface area contributed by atoms with Crippen LogP contribution in [0.25, 0.3) is 0 Å². The topological polar surface area (TPSA) is 58.1 Å². The van der Waals surface area contributed by atoms with Gasteiger partial charge in [-0.2, -0.15) is 0 Å². The lowest BCUT2D eigenvalue weighted by atomic mass is 9.99. The highest BCUT2D eigenvalue weighted by molar-refractivity contribution is 5.93. The zero-order valence-electron chi connectivity index (χ0n) is 14.5. The largest absolute Gasteiger partial charge is 0.338 e. The van der Waals surface area contributed by atoms with Crippen molar-refractivity contribution in [3.05, 3.63) is 47.2 Å². The lowest BCUT2D eigenvalue weighted by Crippen LogP contribution is -2.38. The van der Waals surface area contributed by atoms with Gasteiger partial charge in [0, 0.05) is 19.2 Å². The van der Waals surface area contributed by atoms with Gasteiger partial charge in [-0.3, -0.25) is 4.79 Å². The van der Waals surface area contributed by atoms with Gasteiger partial charge < -0.3 is 10.2 Å². The van der Waals surface area contributed by atoms with E-state index in [4.69, 9.17) is 0 Å². The maximum absolute atomic E-state index is 13.8. The smallest absolute Gasteiger partial charge is 0.272 e. The number of piperidine rings is 1. The number of nitrogens with one attached hydrogen (secondary N) is 1. The number of carbonyl (C=O) groups excluding carboxylic acids is 1. The first-order valence-electron chi connectivity index (χ1n) is 8.40. The van der Waals surface area contributed by atoms with Gasteiger partial charge in [-0.1, -0.05) is 6.92 Å². The number of aromatic nitrogens is 2. The molecule has 0 spiro atoms. The van der Waals surface area contributed by atoms with Gasteiger partial charge in [0.2, 0.25) is 0 Å². The third-order valence-corrected chi connectivity index (χ3v) is 4.43. The lowest BCUT2D eigenvalue weighted by molar-refractivity contribution is 0.0691. The monoisotopic (exact) mass is 364 g/mol. The van der Waals surface area contributed by atoms with Crippen LogP contribution in [0.3, 0.4) is 0 Å². The van der Waals surface area contributed by atoms with E-state index in [0.29, 0.717) is 24.8 Å². The van der Waals surface area contributed by atoms with Crippen molar-refractivity contribution in [2.75, 3.05) is 18.4 Å². The number of benzene rings is 1. The van der Waals surface area contributed by atoms with Crippen molar-refractivity contribution in [2.45, 2.75) is 26.7 Å². The number of amides is 1. The van der Waals surface area contributed by atoms with Gasteiger partial charge in [0.1, 0.15) is 17.3 Å². The third kappa shape index (κ3) is 3.79. The summed E-state index contributed by atoms with van der Waals surface area (Å²) >= 11 is 0. The molecule has 8 heteroatoms. The van der Waals surface area contributed by atoms with Crippen LogP contribution in [0.4, 0.5) is 24.7 Å². The Bertz CT molecular complexity index is 835. The molecule has 1 aliphatic heterocycles. The summed E-state index contributed by atoms with van der Waals surface area (Å²) in [7, 11) is 0. The van der Waals surface area contributed by atoms with Crippen molar-refractivity contribution in [2.24, 2.45) is 5.92 Å². The van der Waals surface area contributed by atoms with Gasteiger partial charge in [-0.15, -0.1) is 0 Å². The van der Waals surface area contributed by atoms with E-state index in [1.807, 2.05) is 0 Å². The predicted molar refractivity (Wildman–Crippen MR) is 90.7 cm³/mol. The Hall–Kier alpha value is -2.64. The van der Waals surface area contributed by atoms with E-state index in [-0.39, 0.29) is 23.1 Å². The predicted octanol–water partition coefficient (Wildman–Crippen LogP) is 3.82. The summed E-state index contributed by atoms with van der Waals surface area (Å²) in [5, 5.41) is 2.58. The highest BCUT2D eigenvalue weighted by Gasteiger charge is 2.23. The molecule has 1 aromatic carbocycles. The van der Waals surface area contributed by atoms with Crippen LogP contribution in [0.5, 0.6) is 0 Å². The number of likely N-dealkylation sites (tertiary alicyclic amines) is 1. The molecule has 26 heavy (non-hydrogen) atoms. The number of hydrogen-bond acceptors (Lipinski definition) is 4. The second-order valence-electron chi connectivity index (χ2n) is 6.51. The number of rotatable bonds is 3. The molecule has 1 amide bonds. The molecule has 5 nitrogen and oxygen atoms in total. The summed E-state index contributed by atoms with van der Waals surface area (Å²) < 4.78 is 40.3. The summed E-state index contributed by atoms with van der Waals surface area (Å²) in [6, 6.07) is 3.27. The number of halogens is 3. The zero-order chi connectivity index (χ0) is 18.8. The van der Waals surface area contributed by atoms with Gasteiger partial charge in [-0.25, -0.2) is 23.1 Å². The van der Waals surface area contributed by atoms with E-state index in [2.05, 4.69) is 22.2 Å². The molecule has 2 heterocycles. The number of aryl methyl sites for hydroxylation is 1. The molecule has 0 radical (unpaired) electrons. The first-order valence-corrected chi connectivity index (χ1v) is 8.40. The SMILES string of the molecule is Cc1nc(Nc2ccc(F)c(F)c2F)cc(C(=O)N2CCC(C)CC2)n1. The van der Waals surface area contributed by atoms with Crippen molar-refractivity contribution in [3.63, 3.8) is 0 Å². The number of nitrogens with zero attached hydrogens (tertiary/aromatic N) is 3. The minimum Gasteiger partial charge on any atom is -0.338 e. The number of hydrogen-bond donors (Lipinski definition) is 1. The van der Waals surface area contributed by atoms with Gasteiger partial charge >= 0.3 is 0 Å². The summed E-state index contributed by atoms with van der Waals surface area (Å²) in [6.45, 7) is 5.06. The average Bonchev–Trinajstić information content (AvgIpc) is 2.62. The van der Waals surface area contributed by atoms with Crippen LogP contribution in [0.15, 0.2) is 18.2 Å². The van der Waals surface area contributed by atoms with Crippen molar-refractivity contribution in [1.29, 1.82) is 0 Å². The van der Waals surface area contributed by atoms with Crippen LogP contribution in [0.2, 0.25) is 0 Å². The minimum atomic E-state index is -1.57.